The second-order valence-corrected chi connectivity index (χ2v) is 4.01. The van der Waals surface area contributed by atoms with Crippen molar-refractivity contribution in [3.05, 3.63) is 35.9 Å². The molecule has 0 aliphatic rings. The maximum Gasteiger partial charge on any atom is 0.270 e. The molecular formula is C11H9ClF2N4O. The fourth-order valence-corrected chi connectivity index (χ4v) is 1.43. The predicted molar refractivity (Wildman–Crippen MR) is 64.4 cm³/mol. The molecule has 0 saturated carbocycles. The standard InChI is InChI=1S/C11H9ClF2N4O/c12-9(14)11(19)15-5-8-16-10(18-17-8)6-1-3-7(13)4-2-6/h1-4,9H,5H2,(H,15,19)(H,16,17,18). The molecule has 19 heavy (non-hydrogen) atoms. The van der Waals surface area contributed by atoms with Crippen LogP contribution in [0.15, 0.2) is 24.3 Å². The lowest BCUT2D eigenvalue weighted by Gasteiger charge is -2.01. The van der Waals surface area contributed by atoms with E-state index in [0.717, 1.165) is 0 Å². The van der Waals surface area contributed by atoms with Gasteiger partial charge < -0.3 is 5.32 Å². The van der Waals surface area contributed by atoms with Crippen LogP contribution in [0.2, 0.25) is 0 Å². The molecular weight excluding hydrogens is 278 g/mol. The van der Waals surface area contributed by atoms with Crippen molar-refractivity contribution in [2.24, 2.45) is 0 Å². The average molecular weight is 287 g/mol. The Balaban J connectivity index is 2.03. The van der Waals surface area contributed by atoms with Crippen LogP contribution in [-0.2, 0) is 11.3 Å². The summed E-state index contributed by atoms with van der Waals surface area (Å²) in [7, 11) is 0. The molecule has 1 aromatic carbocycles. The lowest BCUT2D eigenvalue weighted by atomic mass is 10.2. The van der Waals surface area contributed by atoms with Crippen molar-refractivity contribution in [2.75, 3.05) is 0 Å². The first-order chi connectivity index (χ1) is 9.06. The Morgan fingerprint density at radius 3 is 2.74 bits per heavy atom. The first-order valence-electron chi connectivity index (χ1n) is 5.29. The summed E-state index contributed by atoms with van der Waals surface area (Å²) in [5.74, 6) is -0.610. The summed E-state index contributed by atoms with van der Waals surface area (Å²) in [6.07, 6.45) is 0. The van der Waals surface area contributed by atoms with Crippen LogP contribution in [0.25, 0.3) is 11.4 Å². The van der Waals surface area contributed by atoms with Crippen molar-refractivity contribution in [1.82, 2.24) is 20.5 Å². The van der Waals surface area contributed by atoms with Gasteiger partial charge in [0.25, 0.3) is 11.5 Å². The van der Waals surface area contributed by atoms with E-state index < -0.39 is 11.5 Å². The van der Waals surface area contributed by atoms with Gasteiger partial charge in [0.05, 0.1) is 6.54 Å². The van der Waals surface area contributed by atoms with Crippen LogP contribution in [-0.4, -0.2) is 26.7 Å². The number of nitrogens with zero attached hydrogens (tertiary/aromatic N) is 2. The van der Waals surface area contributed by atoms with Gasteiger partial charge in [-0.15, -0.1) is 0 Å². The SMILES string of the molecule is O=C(NCc1nc(-c2ccc(F)cc2)n[nH]1)C(F)Cl. The number of amides is 1. The highest BCUT2D eigenvalue weighted by Gasteiger charge is 2.13. The Morgan fingerprint density at radius 2 is 2.11 bits per heavy atom. The molecule has 8 heteroatoms. The number of H-pyrrole nitrogens is 1. The summed E-state index contributed by atoms with van der Waals surface area (Å²) in [6, 6.07) is 5.62. The highest BCUT2D eigenvalue weighted by Crippen LogP contribution is 2.14. The van der Waals surface area contributed by atoms with Crippen LogP contribution < -0.4 is 5.32 Å². The van der Waals surface area contributed by atoms with E-state index in [-0.39, 0.29) is 12.4 Å². The summed E-state index contributed by atoms with van der Waals surface area (Å²) in [6.45, 7) is -0.0276. The highest BCUT2D eigenvalue weighted by molar-refractivity contribution is 6.29. The van der Waals surface area contributed by atoms with E-state index in [1.54, 1.807) is 0 Å². The van der Waals surface area contributed by atoms with Gasteiger partial charge in [-0.25, -0.2) is 13.8 Å². The van der Waals surface area contributed by atoms with E-state index in [1.165, 1.54) is 24.3 Å². The van der Waals surface area contributed by atoms with Gasteiger partial charge in [0.2, 0.25) is 0 Å². The smallest absolute Gasteiger partial charge is 0.270 e. The molecule has 1 atom stereocenters. The quantitative estimate of drug-likeness (QED) is 0.842. The second kappa shape index (κ2) is 5.75. The lowest BCUT2D eigenvalue weighted by molar-refractivity contribution is -0.123. The highest BCUT2D eigenvalue weighted by atomic mass is 35.5. The molecule has 2 rings (SSSR count). The number of aromatic nitrogens is 3. The van der Waals surface area contributed by atoms with Crippen molar-refractivity contribution in [3.63, 3.8) is 0 Å². The van der Waals surface area contributed by atoms with Crippen LogP contribution in [0.3, 0.4) is 0 Å². The number of carbonyl (C=O) groups is 1. The van der Waals surface area contributed by atoms with Crippen molar-refractivity contribution in [3.8, 4) is 11.4 Å². The molecule has 0 aliphatic heterocycles. The number of halogens is 3. The van der Waals surface area contributed by atoms with Crippen LogP contribution in [0.4, 0.5) is 8.78 Å². The Kier molecular flexibility index (Phi) is 4.06. The van der Waals surface area contributed by atoms with Gasteiger partial charge >= 0.3 is 0 Å². The van der Waals surface area contributed by atoms with Crippen LogP contribution >= 0.6 is 11.6 Å². The third-order valence-electron chi connectivity index (χ3n) is 2.26. The van der Waals surface area contributed by atoms with Crippen LogP contribution in [0.1, 0.15) is 5.82 Å². The number of rotatable bonds is 4. The molecule has 0 fully saturated rings. The normalized spacial score (nSPS) is 12.2. The number of hydrogen-bond donors (Lipinski definition) is 2. The minimum atomic E-state index is -2.10. The maximum atomic E-state index is 12.7. The predicted octanol–water partition coefficient (Wildman–Crippen LogP) is 1.76. The molecule has 1 unspecified atom stereocenters. The van der Waals surface area contributed by atoms with Gasteiger partial charge in [0.15, 0.2) is 5.82 Å². The molecule has 5 nitrogen and oxygen atoms in total. The van der Waals surface area contributed by atoms with Crippen molar-refractivity contribution < 1.29 is 13.6 Å². The zero-order valence-electron chi connectivity index (χ0n) is 9.53. The molecule has 1 aromatic heterocycles. The summed E-state index contributed by atoms with van der Waals surface area (Å²) in [5.41, 5.74) is -1.48. The maximum absolute atomic E-state index is 12.7. The lowest BCUT2D eigenvalue weighted by Crippen LogP contribution is -2.28. The molecule has 1 amide bonds. The van der Waals surface area contributed by atoms with E-state index in [4.69, 9.17) is 11.6 Å². The largest absolute Gasteiger partial charge is 0.345 e. The Bertz CT molecular complexity index is 570. The summed E-state index contributed by atoms with van der Waals surface area (Å²) in [5, 5.41) is 8.71. The second-order valence-electron chi connectivity index (χ2n) is 3.63. The summed E-state index contributed by atoms with van der Waals surface area (Å²) >= 11 is 4.95. The number of benzene rings is 1. The van der Waals surface area contributed by atoms with Crippen molar-refractivity contribution >= 4 is 17.5 Å². The van der Waals surface area contributed by atoms with Gasteiger partial charge in [-0.3, -0.25) is 9.89 Å². The first kappa shape index (κ1) is 13.4. The molecule has 2 aromatic rings. The molecule has 0 saturated heterocycles. The van der Waals surface area contributed by atoms with E-state index in [2.05, 4.69) is 20.5 Å². The van der Waals surface area contributed by atoms with Gasteiger partial charge in [-0.1, -0.05) is 11.6 Å². The molecule has 0 spiro atoms. The fraction of sp³-hybridized carbons (Fsp3) is 0.182. The van der Waals surface area contributed by atoms with Crippen molar-refractivity contribution in [1.29, 1.82) is 0 Å². The van der Waals surface area contributed by atoms with Gasteiger partial charge in [0.1, 0.15) is 11.6 Å². The Morgan fingerprint density at radius 1 is 1.42 bits per heavy atom. The summed E-state index contributed by atoms with van der Waals surface area (Å²) in [4.78, 5) is 15.0. The third-order valence-corrected chi connectivity index (χ3v) is 2.46. The minimum Gasteiger partial charge on any atom is -0.345 e. The Labute approximate surface area is 112 Å². The zero-order valence-corrected chi connectivity index (χ0v) is 10.3. The molecule has 0 aliphatic carbocycles. The number of hydrogen-bond acceptors (Lipinski definition) is 3. The number of nitrogens with one attached hydrogen (secondary N) is 2. The van der Waals surface area contributed by atoms with E-state index in [1.807, 2.05) is 0 Å². The zero-order chi connectivity index (χ0) is 13.8. The van der Waals surface area contributed by atoms with Gasteiger partial charge in [-0.2, -0.15) is 5.10 Å². The van der Waals surface area contributed by atoms with Gasteiger partial charge in [-0.05, 0) is 24.3 Å². The molecule has 1 heterocycles. The number of carbonyl (C=O) groups excluding carboxylic acids is 1. The van der Waals surface area contributed by atoms with E-state index >= 15 is 0 Å². The average Bonchev–Trinajstić information content (AvgIpc) is 2.85. The van der Waals surface area contributed by atoms with E-state index in [0.29, 0.717) is 17.2 Å². The van der Waals surface area contributed by atoms with Gasteiger partial charge in [0, 0.05) is 5.56 Å². The molecule has 2 N–H and O–H groups in total. The van der Waals surface area contributed by atoms with Crippen molar-refractivity contribution in [2.45, 2.75) is 12.2 Å². The topological polar surface area (TPSA) is 70.7 Å². The summed E-state index contributed by atoms with van der Waals surface area (Å²) < 4.78 is 25.1. The molecule has 0 radical (unpaired) electrons. The Hall–Kier alpha value is -2.02. The fourth-order valence-electron chi connectivity index (χ4n) is 1.35. The van der Waals surface area contributed by atoms with Crippen LogP contribution in [0, 0.1) is 5.82 Å². The third kappa shape index (κ3) is 3.47. The van der Waals surface area contributed by atoms with E-state index in [9.17, 15) is 13.6 Å². The number of aromatic amines is 1. The monoisotopic (exact) mass is 286 g/mol. The minimum absolute atomic E-state index is 0.0276. The number of alkyl halides is 2. The van der Waals surface area contributed by atoms with Crippen LogP contribution in [0.5, 0.6) is 0 Å². The molecule has 0 bridgehead atoms. The molecule has 100 valence electrons. The first-order valence-corrected chi connectivity index (χ1v) is 5.73.